The number of nitrogens with two attached hydrogens (primary N) is 1. The van der Waals surface area contributed by atoms with E-state index in [2.05, 4.69) is 16.0 Å². The van der Waals surface area contributed by atoms with Crippen LogP contribution in [0.5, 0.6) is 0 Å². The fourth-order valence-electron chi connectivity index (χ4n) is 5.32. The van der Waals surface area contributed by atoms with Gasteiger partial charge < -0.3 is 26.5 Å². The highest BCUT2D eigenvalue weighted by Gasteiger charge is 2.44. The third-order valence-corrected chi connectivity index (χ3v) is 6.86. The lowest BCUT2D eigenvalue weighted by molar-refractivity contribution is -0.154. The molecule has 1 aliphatic carbocycles. The Hall–Kier alpha value is -2.00. The summed E-state index contributed by atoms with van der Waals surface area (Å²) >= 11 is 0. The van der Waals surface area contributed by atoms with E-state index in [1.807, 2.05) is 0 Å². The normalized spacial score (nSPS) is 29.5. The first-order chi connectivity index (χ1) is 14.5. The van der Waals surface area contributed by atoms with Crippen molar-refractivity contribution in [3.05, 3.63) is 0 Å². The van der Waals surface area contributed by atoms with Gasteiger partial charge in [0.15, 0.2) is 5.96 Å². The summed E-state index contributed by atoms with van der Waals surface area (Å²) in [6.45, 7) is 1.94. The molecule has 3 unspecified atom stereocenters. The van der Waals surface area contributed by atoms with E-state index in [1.54, 1.807) is 0 Å². The molecule has 168 valence electrons. The number of carbonyl (C=O) groups is 3. The summed E-state index contributed by atoms with van der Waals surface area (Å²) in [6, 6.07) is -1.60. The molecule has 30 heavy (non-hydrogen) atoms. The largest absolute Gasteiger partial charge is 0.370 e. The number of rotatable bonds is 8. The lowest BCUT2D eigenvalue weighted by Gasteiger charge is -2.43. The minimum Gasteiger partial charge on any atom is -0.370 e. The number of hydrogen-bond acceptors (Lipinski definition) is 6. The Morgan fingerprint density at radius 1 is 1.10 bits per heavy atom. The molecule has 2 saturated heterocycles. The molecule has 3 aliphatic rings. The van der Waals surface area contributed by atoms with Gasteiger partial charge in [-0.3, -0.25) is 19.9 Å². The first-order valence-corrected chi connectivity index (χ1v) is 11.4. The van der Waals surface area contributed by atoms with Gasteiger partial charge in [0.2, 0.25) is 11.8 Å². The third kappa shape index (κ3) is 5.37. The molecule has 0 spiro atoms. The molecule has 0 radical (unpaired) electrons. The summed E-state index contributed by atoms with van der Waals surface area (Å²) in [5.74, 6) is 0.0887. The zero-order valence-electron chi connectivity index (χ0n) is 17.7. The van der Waals surface area contributed by atoms with Crippen LogP contribution in [0.2, 0.25) is 0 Å². The Balaban J connectivity index is 1.76. The van der Waals surface area contributed by atoms with Gasteiger partial charge in [0.1, 0.15) is 6.29 Å². The van der Waals surface area contributed by atoms with Crippen LogP contribution in [-0.2, 0) is 14.4 Å². The summed E-state index contributed by atoms with van der Waals surface area (Å²) in [7, 11) is 0. The van der Waals surface area contributed by atoms with Crippen LogP contribution in [0.15, 0.2) is 0 Å². The average molecular weight is 421 g/mol. The van der Waals surface area contributed by atoms with E-state index < -0.39 is 18.1 Å². The summed E-state index contributed by atoms with van der Waals surface area (Å²) < 4.78 is 0. The van der Waals surface area contributed by atoms with E-state index in [4.69, 9.17) is 11.1 Å². The topological polar surface area (TPSA) is 140 Å². The molecule has 0 bridgehead atoms. The first kappa shape index (κ1) is 22.7. The zero-order valence-corrected chi connectivity index (χ0v) is 17.7. The maximum absolute atomic E-state index is 13.7. The van der Waals surface area contributed by atoms with Crippen LogP contribution in [0.25, 0.3) is 0 Å². The van der Waals surface area contributed by atoms with Crippen LogP contribution in [0.4, 0.5) is 0 Å². The average Bonchev–Trinajstić information content (AvgIpc) is 3.29. The number of aldehydes is 1. The smallest absolute Gasteiger partial charge is 0.247 e. The zero-order chi connectivity index (χ0) is 21.5. The van der Waals surface area contributed by atoms with Gasteiger partial charge in [0.25, 0.3) is 0 Å². The summed E-state index contributed by atoms with van der Waals surface area (Å²) in [6.07, 6.45) is 8.70. The highest BCUT2D eigenvalue weighted by molar-refractivity contribution is 6.02. The van der Waals surface area contributed by atoms with E-state index >= 15 is 0 Å². The van der Waals surface area contributed by atoms with E-state index in [0.717, 1.165) is 51.5 Å². The van der Waals surface area contributed by atoms with Gasteiger partial charge >= 0.3 is 0 Å². The molecule has 0 aromatic carbocycles. The lowest BCUT2D eigenvalue weighted by Crippen LogP contribution is -2.61. The maximum Gasteiger partial charge on any atom is 0.247 e. The molecule has 2 aliphatic heterocycles. The van der Waals surface area contributed by atoms with Crippen LogP contribution in [-0.4, -0.2) is 66.7 Å². The second kappa shape index (κ2) is 10.9. The fourth-order valence-corrected chi connectivity index (χ4v) is 5.32. The number of piperidine rings is 1. The second-order valence-electron chi connectivity index (χ2n) is 8.81. The first-order valence-electron chi connectivity index (χ1n) is 11.4. The van der Waals surface area contributed by atoms with Crippen molar-refractivity contribution in [3.8, 4) is 0 Å². The van der Waals surface area contributed by atoms with Crippen LogP contribution in [0, 0.1) is 17.2 Å². The van der Waals surface area contributed by atoms with Crippen molar-refractivity contribution in [1.82, 2.24) is 20.9 Å². The Labute approximate surface area is 178 Å². The minimum atomic E-state index is -0.799. The molecule has 6 N–H and O–H groups in total. The molecule has 3 fully saturated rings. The van der Waals surface area contributed by atoms with Crippen molar-refractivity contribution < 1.29 is 14.4 Å². The number of hydrogen-bond donors (Lipinski definition) is 5. The van der Waals surface area contributed by atoms with Crippen LogP contribution >= 0.6 is 0 Å². The number of guanidine groups is 1. The number of nitrogens with zero attached hydrogens (tertiary/aromatic N) is 1. The van der Waals surface area contributed by atoms with Crippen molar-refractivity contribution >= 4 is 24.1 Å². The molecule has 9 nitrogen and oxygen atoms in total. The number of imide groups is 1. The van der Waals surface area contributed by atoms with E-state index in [-0.39, 0.29) is 23.7 Å². The molecule has 0 aromatic rings. The molecule has 9 heteroatoms. The van der Waals surface area contributed by atoms with Gasteiger partial charge in [0.05, 0.1) is 18.1 Å². The Morgan fingerprint density at radius 3 is 2.60 bits per heavy atom. The van der Waals surface area contributed by atoms with Gasteiger partial charge in [-0.25, -0.2) is 0 Å². The lowest BCUT2D eigenvalue weighted by atomic mass is 9.71. The Bertz CT molecular complexity index is 634. The van der Waals surface area contributed by atoms with Crippen molar-refractivity contribution in [1.29, 1.82) is 5.41 Å². The van der Waals surface area contributed by atoms with E-state index in [9.17, 15) is 14.4 Å². The predicted molar refractivity (Wildman–Crippen MR) is 114 cm³/mol. The number of nitrogens with one attached hydrogen (secondary N) is 4. The molecule has 3 rings (SSSR count). The molecular formula is C21H36N6O3. The van der Waals surface area contributed by atoms with E-state index in [0.29, 0.717) is 31.7 Å². The Kier molecular flexibility index (Phi) is 8.21. The monoisotopic (exact) mass is 420 g/mol. The van der Waals surface area contributed by atoms with Crippen LogP contribution in [0.3, 0.4) is 0 Å². The quantitative estimate of drug-likeness (QED) is 0.123. The van der Waals surface area contributed by atoms with Gasteiger partial charge in [-0.1, -0.05) is 19.3 Å². The van der Waals surface area contributed by atoms with Crippen LogP contribution < -0.4 is 21.7 Å². The second-order valence-corrected chi connectivity index (χ2v) is 8.81. The predicted octanol–water partition coefficient (Wildman–Crippen LogP) is 0.0927. The SMILES string of the molecule is N=C(N)NCCC[C@@H](C=O)N(C(=O)C1NCCC2CCCCC21)C(=O)[C@@H]1CCCN1. The third-order valence-electron chi connectivity index (χ3n) is 6.86. The summed E-state index contributed by atoms with van der Waals surface area (Å²) in [4.78, 5) is 40.2. The minimum absolute atomic E-state index is 0.133. The van der Waals surface area contributed by atoms with Gasteiger partial charge in [0, 0.05) is 6.54 Å². The number of fused-ring (bicyclic) bond motifs is 1. The molecule has 1 saturated carbocycles. The molecule has 5 atom stereocenters. The fraction of sp³-hybridized carbons (Fsp3) is 0.810. The Morgan fingerprint density at radius 2 is 1.90 bits per heavy atom. The standard InChI is InChI=1S/C21H36N6O3/c22-21(23)26-11-3-6-15(13-28)27(19(29)17-8-4-10-24-17)20(30)18-16-7-2-1-5-14(16)9-12-25-18/h13-18,24-25H,1-12H2,(H4,22,23,26)/t14?,15-,16?,17-,18?/m0/s1. The van der Waals surface area contributed by atoms with Crippen LogP contribution in [0.1, 0.15) is 57.8 Å². The highest BCUT2D eigenvalue weighted by Crippen LogP contribution is 2.37. The number of carbonyl (C=O) groups excluding carboxylic acids is 3. The maximum atomic E-state index is 13.7. The summed E-state index contributed by atoms with van der Waals surface area (Å²) in [5.41, 5.74) is 5.31. The van der Waals surface area contributed by atoms with E-state index in [1.165, 1.54) is 11.3 Å². The van der Waals surface area contributed by atoms with Crippen molar-refractivity contribution in [3.63, 3.8) is 0 Å². The number of amides is 2. The van der Waals surface area contributed by atoms with Crippen molar-refractivity contribution in [2.24, 2.45) is 17.6 Å². The molecule has 2 heterocycles. The van der Waals surface area contributed by atoms with Gasteiger partial charge in [-0.05, 0) is 63.5 Å². The highest BCUT2D eigenvalue weighted by atomic mass is 16.2. The van der Waals surface area contributed by atoms with Crippen molar-refractivity contribution in [2.75, 3.05) is 19.6 Å². The summed E-state index contributed by atoms with van der Waals surface area (Å²) in [5, 5.41) is 16.5. The van der Waals surface area contributed by atoms with Crippen molar-refractivity contribution in [2.45, 2.75) is 75.9 Å². The molecule has 0 aromatic heterocycles. The molecule has 2 amide bonds. The van der Waals surface area contributed by atoms with Gasteiger partial charge in [-0.2, -0.15) is 0 Å². The molecular weight excluding hydrogens is 384 g/mol. The van der Waals surface area contributed by atoms with Gasteiger partial charge in [-0.15, -0.1) is 0 Å².